The lowest BCUT2D eigenvalue weighted by molar-refractivity contribution is -0.149. The van der Waals surface area contributed by atoms with Crippen LogP contribution < -0.4 is 0 Å². The molecular weight excluding hydrogens is 307 g/mol. The zero-order chi connectivity index (χ0) is 17.5. The van der Waals surface area contributed by atoms with E-state index in [0.717, 1.165) is 12.3 Å². The van der Waals surface area contributed by atoms with Crippen LogP contribution in [0.1, 0.15) is 63.5 Å². The Morgan fingerprint density at radius 3 is 2.39 bits per heavy atom. The first-order valence-corrected chi connectivity index (χ1v) is 8.11. The van der Waals surface area contributed by atoms with E-state index in [4.69, 9.17) is 4.74 Å². The van der Waals surface area contributed by atoms with Crippen LogP contribution in [-0.2, 0) is 15.7 Å². The summed E-state index contributed by atoms with van der Waals surface area (Å²) in [5, 5.41) is 0. The van der Waals surface area contributed by atoms with Crippen molar-refractivity contribution in [2.45, 2.75) is 58.5 Å². The second-order valence-corrected chi connectivity index (χ2v) is 5.26. The van der Waals surface area contributed by atoms with Crippen molar-refractivity contribution < 1.29 is 22.7 Å². The molecule has 130 valence electrons. The number of aromatic nitrogens is 1. The molecule has 0 spiro atoms. The van der Waals surface area contributed by atoms with Gasteiger partial charge in [-0.25, -0.2) is 0 Å². The summed E-state index contributed by atoms with van der Waals surface area (Å²) in [5.74, 6) is -0.619. The molecule has 0 aromatic carbocycles. The number of pyridine rings is 1. The summed E-state index contributed by atoms with van der Waals surface area (Å²) in [6.45, 7) is 6.08. The molecule has 1 fully saturated rings. The highest BCUT2D eigenvalue weighted by Crippen LogP contribution is 2.41. The van der Waals surface area contributed by atoms with Crippen LogP contribution >= 0.6 is 0 Å². The molecule has 0 amide bonds. The molecule has 1 aliphatic rings. The number of hydrogen-bond acceptors (Lipinski definition) is 3. The molecule has 0 radical (unpaired) electrons. The van der Waals surface area contributed by atoms with Gasteiger partial charge in [0.2, 0.25) is 0 Å². The molecule has 23 heavy (non-hydrogen) atoms. The standard InChI is InChI=1S/C15H18F3NO2.C2H6/c1-2-21-14(20)11-5-3-10(4-6-11)12-9-19-8-7-13(12)15(16,17)18;1-2/h7-11H,2-6H2,1H3;1-2H3. The molecule has 0 saturated heterocycles. The van der Waals surface area contributed by atoms with E-state index in [1.54, 1.807) is 6.92 Å². The lowest BCUT2D eigenvalue weighted by Crippen LogP contribution is -2.24. The van der Waals surface area contributed by atoms with Crippen molar-refractivity contribution in [1.29, 1.82) is 0 Å². The lowest BCUT2D eigenvalue weighted by Gasteiger charge is -2.28. The molecule has 0 N–H and O–H groups in total. The van der Waals surface area contributed by atoms with Gasteiger partial charge in [0.05, 0.1) is 18.1 Å². The smallest absolute Gasteiger partial charge is 0.416 e. The fourth-order valence-electron chi connectivity index (χ4n) is 2.89. The Balaban J connectivity index is 0.00000127. The molecule has 3 nitrogen and oxygen atoms in total. The minimum atomic E-state index is -4.36. The maximum Gasteiger partial charge on any atom is 0.416 e. The molecule has 1 aliphatic carbocycles. The van der Waals surface area contributed by atoms with Gasteiger partial charge in [-0.05, 0) is 50.2 Å². The molecule has 0 bridgehead atoms. The van der Waals surface area contributed by atoms with Crippen LogP contribution in [0.15, 0.2) is 18.5 Å². The van der Waals surface area contributed by atoms with E-state index >= 15 is 0 Å². The Labute approximate surface area is 135 Å². The number of carbonyl (C=O) groups is 1. The van der Waals surface area contributed by atoms with E-state index in [2.05, 4.69) is 4.98 Å². The molecule has 1 heterocycles. The molecule has 1 aromatic rings. The number of carbonyl (C=O) groups excluding carboxylic acids is 1. The Hall–Kier alpha value is -1.59. The average Bonchev–Trinajstić information content (AvgIpc) is 2.56. The van der Waals surface area contributed by atoms with Gasteiger partial charge in [-0.3, -0.25) is 9.78 Å². The summed E-state index contributed by atoms with van der Waals surface area (Å²) in [5.41, 5.74) is -0.371. The summed E-state index contributed by atoms with van der Waals surface area (Å²) in [7, 11) is 0. The predicted octanol–water partition coefficient (Wildman–Crippen LogP) is 4.96. The minimum Gasteiger partial charge on any atom is -0.466 e. The Morgan fingerprint density at radius 1 is 1.26 bits per heavy atom. The fraction of sp³-hybridized carbons (Fsp3) is 0.647. The Bertz CT molecular complexity index is 495. The first kappa shape index (κ1) is 19.5. The number of nitrogens with zero attached hydrogens (tertiary/aromatic N) is 1. The van der Waals surface area contributed by atoms with Gasteiger partial charge in [-0.15, -0.1) is 0 Å². The van der Waals surface area contributed by atoms with Gasteiger partial charge in [0.1, 0.15) is 0 Å². The van der Waals surface area contributed by atoms with E-state index in [1.807, 2.05) is 13.8 Å². The summed E-state index contributed by atoms with van der Waals surface area (Å²) in [6, 6.07) is 1.02. The van der Waals surface area contributed by atoms with Gasteiger partial charge < -0.3 is 4.74 Å². The first-order valence-electron chi connectivity index (χ1n) is 8.11. The fourth-order valence-corrected chi connectivity index (χ4v) is 2.89. The second-order valence-electron chi connectivity index (χ2n) is 5.26. The van der Waals surface area contributed by atoms with E-state index in [-0.39, 0.29) is 23.4 Å². The van der Waals surface area contributed by atoms with Crippen molar-refractivity contribution in [3.8, 4) is 0 Å². The number of halogens is 3. The van der Waals surface area contributed by atoms with Gasteiger partial charge in [-0.1, -0.05) is 13.8 Å². The third-order valence-electron chi connectivity index (χ3n) is 3.94. The Kier molecular flexibility index (Phi) is 7.52. The number of ether oxygens (including phenoxy) is 1. The summed E-state index contributed by atoms with van der Waals surface area (Å²) >= 11 is 0. The molecule has 0 aliphatic heterocycles. The summed E-state index contributed by atoms with van der Waals surface area (Å²) < 4.78 is 44.0. The van der Waals surface area contributed by atoms with E-state index in [1.165, 1.54) is 6.20 Å². The maximum absolute atomic E-state index is 13.0. The highest BCUT2D eigenvalue weighted by Gasteiger charge is 2.37. The summed E-state index contributed by atoms with van der Waals surface area (Å²) in [4.78, 5) is 15.5. The van der Waals surface area contributed by atoms with Crippen LogP contribution in [0.4, 0.5) is 13.2 Å². The SMILES string of the molecule is CC.CCOC(=O)C1CCC(c2cnccc2C(F)(F)F)CC1. The number of alkyl halides is 3. The van der Waals surface area contributed by atoms with E-state index < -0.39 is 11.7 Å². The van der Waals surface area contributed by atoms with Crippen LogP contribution in [0.2, 0.25) is 0 Å². The molecule has 6 heteroatoms. The van der Waals surface area contributed by atoms with Gasteiger partial charge in [0.15, 0.2) is 0 Å². The van der Waals surface area contributed by atoms with Crippen LogP contribution in [-0.4, -0.2) is 17.6 Å². The number of hydrogen-bond donors (Lipinski definition) is 0. The van der Waals surface area contributed by atoms with Crippen LogP contribution in [0.3, 0.4) is 0 Å². The van der Waals surface area contributed by atoms with Crippen molar-refractivity contribution in [2.24, 2.45) is 5.92 Å². The second kappa shape index (κ2) is 8.89. The monoisotopic (exact) mass is 331 g/mol. The third kappa shape index (κ3) is 5.22. The van der Waals surface area contributed by atoms with E-state index in [0.29, 0.717) is 32.3 Å². The number of esters is 1. The first-order chi connectivity index (χ1) is 10.9. The van der Waals surface area contributed by atoms with E-state index in [9.17, 15) is 18.0 Å². The highest BCUT2D eigenvalue weighted by atomic mass is 19.4. The van der Waals surface area contributed by atoms with Crippen molar-refractivity contribution >= 4 is 5.97 Å². The molecule has 1 aromatic heterocycles. The summed E-state index contributed by atoms with van der Waals surface area (Å²) in [6.07, 6.45) is 0.340. The Morgan fingerprint density at radius 2 is 1.87 bits per heavy atom. The molecular formula is C17H24F3NO2. The van der Waals surface area contributed by atoms with Gasteiger partial charge in [0, 0.05) is 12.4 Å². The topological polar surface area (TPSA) is 39.2 Å². The van der Waals surface area contributed by atoms with Crippen molar-refractivity contribution in [3.05, 3.63) is 29.6 Å². The normalized spacial score (nSPS) is 21.1. The highest BCUT2D eigenvalue weighted by molar-refractivity contribution is 5.72. The van der Waals surface area contributed by atoms with Crippen LogP contribution in [0, 0.1) is 5.92 Å². The molecule has 0 atom stereocenters. The number of rotatable bonds is 3. The maximum atomic E-state index is 13.0. The third-order valence-corrected chi connectivity index (χ3v) is 3.94. The average molecular weight is 331 g/mol. The molecule has 2 rings (SSSR count). The van der Waals surface area contributed by atoms with Crippen molar-refractivity contribution in [1.82, 2.24) is 4.98 Å². The lowest BCUT2D eigenvalue weighted by atomic mass is 9.78. The zero-order valence-electron chi connectivity index (χ0n) is 13.8. The zero-order valence-corrected chi connectivity index (χ0v) is 13.8. The minimum absolute atomic E-state index is 0.188. The van der Waals surface area contributed by atoms with Gasteiger partial charge in [0.25, 0.3) is 0 Å². The van der Waals surface area contributed by atoms with Crippen molar-refractivity contribution in [3.63, 3.8) is 0 Å². The van der Waals surface area contributed by atoms with Crippen LogP contribution in [0.25, 0.3) is 0 Å². The largest absolute Gasteiger partial charge is 0.466 e. The van der Waals surface area contributed by atoms with Crippen LogP contribution in [0.5, 0.6) is 0 Å². The molecule has 0 unspecified atom stereocenters. The van der Waals surface area contributed by atoms with Gasteiger partial charge >= 0.3 is 12.1 Å². The van der Waals surface area contributed by atoms with Crippen molar-refractivity contribution in [2.75, 3.05) is 6.61 Å². The quantitative estimate of drug-likeness (QED) is 0.735. The molecule has 1 saturated carbocycles. The van der Waals surface area contributed by atoms with Gasteiger partial charge in [-0.2, -0.15) is 13.2 Å². The predicted molar refractivity (Wildman–Crippen MR) is 81.9 cm³/mol.